The van der Waals surface area contributed by atoms with Gasteiger partial charge >= 0.3 is 0 Å². The van der Waals surface area contributed by atoms with Crippen LogP contribution >= 0.6 is 0 Å². The minimum atomic E-state index is -0.467. The Kier molecular flexibility index (Phi) is 3.48. The number of nitrogen functional groups attached to an aromatic ring is 1. The molecule has 3 heterocycles. The second-order valence-electron chi connectivity index (χ2n) is 5.64. The minimum Gasteiger partial charge on any atom is -0.397 e. The van der Waals surface area contributed by atoms with Gasteiger partial charge in [0, 0.05) is 25.7 Å². The smallest absolute Gasteiger partial charge is 0.252 e. The van der Waals surface area contributed by atoms with Crippen molar-refractivity contribution in [1.29, 1.82) is 0 Å². The molecule has 3 rings (SSSR count). The highest BCUT2D eigenvalue weighted by atomic mass is 16.1. The Morgan fingerprint density at radius 1 is 1.30 bits per heavy atom. The van der Waals surface area contributed by atoms with Gasteiger partial charge in [0.05, 0.1) is 17.4 Å². The number of amides is 1. The van der Waals surface area contributed by atoms with Gasteiger partial charge in [0.25, 0.3) is 5.91 Å². The number of hydrogen-bond donors (Lipinski definition) is 2. The lowest BCUT2D eigenvalue weighted by atomic mass is 9.99. The van der Waals surface area contributed by atoms with Crippen LogP contribution in [0.2, 0.25) is 0 Å². The number of hydrogen-bond acceptors (Lipinski definition) is 5. The quantitative estimate of drug-likeness (QED) is 0.817. The van der Waals surface area contributed by atoms with Crippen molar-refractivity contribution in [2.45, 2.75) is 25.3 Å². The standard InChI is InChI=1S/C14H21N5O/c15-10-7-12(13(16)20)14(17-8-10)19-6-5-18-4-2-1-3-11(18)9-19/h7-8,11H,1-6,9,15H2,(H2,16,20). The number of fused-ring (bicyclic) bond motifs is 1. The van der Waals surface area contributed by atoms with Crippen LogP contribution in [0.15, 0.2) is 12.3 Å². The fourth-order valence-electron chi connectivity index (χ4n) is 3.26. The van der Waals surface area contributed by atoms with E-state index in [0.717, 1.165) is 19.6 Å². The van der Waals surface area contributed by atoms with Crippen molar-refractivity contribution < 1.29 is 4.79 Å². The molecule has 1 amide bonds. The molecule has 2 fully saturated rings. The van der Waals surface area contributed by atoms with Crippen LogP contribution in [0.3, 0.4) is 0 Å². The SMILES string of the molecule is NC(=O)c1cc(N)cnc1N1CCN2CCCCC2C1. The van der Waals surface area contributed by atoms with Crippen molar-refractivity contribution in [3.05, 3.63) is 17.8 Å². The molecule has 6 heteroatoms. The maximum absolute atomic E-state index is 11.6. The molecular weight excluding hydrogens is 254 g/mol. The van der Waals surface area contributed by atoms with E-state index in [9.17, 15) is 4.79 Å². The number of piperazine rings is 1. The molecule has 2 saturated heterocycles. The molecule has 2 aliphatic rings. The van der Waals surface area contributed by atoms with Gasteiger partial charge in [-0.1, -0.05) is 6.42 Å². The van der Waals surface area contributed by atoms with Crippen molar-refractivity contribution in [3.8, 4) is 0 Å². The summed E-state index contributed by atoms with van der Waals surface area (Å²) in [5.41, 5.74) is 12.1. The number of carbonyl (C=O) groups excluding carboxylic acids is 1. The van der Waals surface area contributed by atoms with Gasteiger partial charge < -0.3 is 16.4 Å². The summed E-state index contributed by atoms with van der Waals surface area (Å²) in [7, 11) is 0. The predicted octanol–water partition coefficient (Wildman–Crippen LogP) is 0.437. The van der Waals surface area contributed by atoms with Gasteiger partial charge in [0.1, 0.15) is 5.82 Å². The van der Waals surface area contributed by atoms with Crippen molar-refractivity contribution in [2.75, 3.05) is 36.8 Å². The molecule has 0 spiro atoms. The Bertz CT molecular complexity index is 518. The Hall–Kier alpha value is -1.82. The first-order chi connectivity index (χ1) is 9.65. The van der Waals surface area contributed by atoms with Gasteiger partial charge in [0.15, 0.2) is 0 Å². The highest BCUT2D eigenvalue weighted by Crippen LogP contribution is 2.26. The van der Waals surface area contributed by atoms with Gasteiger partial charge in [-0.05, 0) is 25.5 Å². The number of nitrogens with zero attached hydrogens (tertiary/aromatic N) is 3. The summed E-state index contributed by atoms with van der Waals surface area (Å²) in [6.07, 6.45) is 5.39. The van der Waals surface area contributed by atoms with Crippen LogP contribution in [0, 0.1) is 0 Å². The number of aromatic nitrogens is 1. The third-order valence-electron chi connectivity index (χ3n) is 4.29. The lowest BCUT2D eigenvalue weighted by Crippen LogP contribution is -2.55. The summed E-state index contributed by atoms with van der Waals surface area (Å²) in [5.74, 6) is 0.211. The van der Waals surface area contributed by atoms with Crippen molar-refractivity contribution in [3.63, 3.8) is 0 Å². The van der Waals surface area contributed by atoms with E-state index in [0.29, 0.717) is 23.1 Å². The fraction of sp³-hybridized carbons (Fsp3) is 0.571. The van der Waals surface area contributed by atoms with Crippen molar-refractivity contribution in [2.24, 2.45) is 5.73 Å². The molecule has 1 unspecified atom stereocenters. The molecule has 0 radical (unpaired) electrons. The molecule has 0 aliphatic carbocycles. The zero-order valence-corrected chi connectivity index (χ0v) is 11.6. The molecule has 0 saturated carbocycles. The van der Waals surface area contributed by atoms with E-state index in [1.54, 1.807) is 12.3 Å². The fourth-order valence-corrected chi connectivity index (χ4v) is 3.26. The minimum absolute atomic E-state index is 0.425. The van der Waals surface area contributed by atoms with E-state index in [1.165, 1.54) is 25.8 Å². The lowest BCUT2D eigenvalue weighted by Gasteiger charge is -2.44. The number of pyridine rings is 1. The summed E-state index contributed by atoms with van der Waals surface area (Å²) >= 11 is 0. The first kappa shape index (κ1) is 13.2. The Morgan fingerprint density at radius 3 is 2.95 bits per heavy atom. The third-order valence-corrected chi connectivity index (χ3v) is 4.29. The lowest BCUT2D eigenvalue weighted by molar-refractivity contribution is 0.0999. The summed E-state index contributed by atoms with van der Waals surface area (Å²) in [4.78, 5) is 20.6. The number of rotatable bonds is 2. The van der Waals surface area contributed by atoms with E-state index in [1.807, 2.05) is 0 Å². The normalized spacial score (nSPS) is 23.4. The second-order valence-corrected chi connectivity index (χ2v) is 5.64. The molecule has 0 aromatic carbocycles. The van der Waals surface area contributed by atoms with Crippen LogP contribution < -0.4 is 16.4 Å². The Labute approximate surface area is 118 Å². The summed E-state index contributed by atoms with van der Waals surface area (Å²) in [5, 5.41) is 0. The van der Waals surface area contributed by atoms with Crippen molar-refractivity contribution >= 4 is 17.4 Å². The van der Waals surface area contributed by atoms with E-state index in [-0.39, 0.29) is 0 Å². The van der Waals surface area contributed by atoms with Crippen LogP contribution in [0.1, 0.15) is 29.6 Å². The number of nitrogens with two attached hydrogens (primary N) is 2. The molecule has 1 atom stereocenters. The number of carbonyl (C=O) groups is 1. The molecule has 20 heavy (non-hydrogen) atoms. The third kappa shape index (κ3) is 2.43. The van der Waals surface area contributed by atoms with Crippen LogP contribution in [-0.2, 0) is 0 Å². The van der Waals surface area contributed by atoms with Gasteiger partial charge in [-0.3, -0.25) is 9.69 Å². The van der Waals surface area contributed by atoms with Crippen molar-refractivity contribution in [1.82, 2.24) is 9.88 Å². The molecule has 1 aromatic heterocycles. The Morgan fingerprint density at radius 2 is 2.15 bits per heavy atom. The first-order valence-electron chi connectivity index (χ1n) is 7.19. The Balaban J connectivity index is 1.84. The van der Waals surface area contributed by atoms with Crippen LogP contribution in [0.5, 0.6) is 0 Å². The average molecular weight is 275 g/mol. The van der Waals surface area contributed by atoms with Crippen LogP contribution in [0.4, 0.5) is 11.5 Å². The molecular formula is C14H21N5O. The molecule has 108 valence electrons. The maximum Gasteiger partial charge on any atom is 0.252 e. The summed E-state index contributed by atoms with van der Waals surface area (Å²) in [6.45, 7) is 4.01. The van der Waals surface area contributed by atoms with Gasteiger partial charge in [0.2, 0.25) is 0 Å². The highest BCUT2D eigenvalue weighted by Gasteiger charge is 2.30. The molecule has 2 aliphatic heterocycles. The predicted molar refractivity (Wildman–Crippen MR) is 78.6 cm³/mol. The van der Waals surface area contributed by atoms with Crippen LogP contribution in [0.25, 0.3) is 0 Å². The molecule has 1 aromatic rings. The topological polar surface area (TPSA) is 88.5 Å². The zero-order chi connectivity index (χ0) is 14.1. The van der Waals surface area contributed by atoms with E-state index in [4.69, 9.17) is 11.5 Å². The number of primary amides is 1. The maximum atomic E-state index is 11.6. The van der Waals surface area contributed by atoms with Crippen LogP contribution in [-0.4, -0.2) is 48.0 Å². The summed E-state index contributed by atoms with van der Waals surface area (Å²) < 4.78 is 0. The zero-order valence-electron chi connectivity index (χ0n) is 11.6. The summed E-state index contributed by atoms with van der Waals surface area (Å²) in [6, 6.07) is 2.19. The second kappa shape index (κ2) is 5.28. The highest BCUT2D eigenvalue weighted by molar-refractivity contribution is 5.98. The molecule has 0 bridgehead atoms. The van der Waals surface area contributed by atoms with Gasteiger partial charge in [-0.25, -0.2) is 4.98 Å². The monoisotopic (exact) mass is 275 g/mol. The van der Waals surface area contributed by atoms with Gasteiger partial charge in [-0.15, -0.1) is 0 Å². The number of anilines is 2. The number of piperidine rings is 1. The molecule has 4 N–H and O–H groups in total. The van der Waals surface area contributed by atoms with E-state index >= 15 is 0 Å². The van der Waals surface area contributed by atoms with E-state index < -0.39 is 5.91 Å². The largest absolute Gasteiger partial charge is 0.397 e. The van der Waals surface area contributed by atoms with E-state index in [2.05, 4.69) is 14.8 Å². The average Bonchev–Trinajstić information content (AvgIpc) is 2.46. The molecule has 6 nitrogen and oxygen atoms in total. The van der Waals surface area contributed by atoms with Gasteiger partial charge in [-0.2, -0.15) is 0 Å². The first-order valence-corrected chi connectivity index (χ1v) is 7.19.